The van der Waals surface area contributed by atoms with Crippen molar-refractivity contribution in [1.29, 1.82) is 0 Å². The van der Waals surface area contributed by atoms with Crippen LogP contribution in [0.1, 0.15) is 31.5 Å². The molecular formula is C26H29ClN4O2. The molecule has 0 bridgehead atoms. The van der Waals surface area contributed by atoms with E-state index in [-0.39, 0.29) is 19.3 Å². The molecule has 7 heteroatoms. The largest absolute Gasteiger partial charge is 0.456 e. The molecule has 1 aliphatic rings. The maximum Gasteiger partial charge on any atom is 0.228 e. The van der Waals surface area contributed by atoms with Crippen LogP contribution in [0.2, 0.25) is 5.02 Å². The van der Waals surface area contributed by atoms with Gasteiger partial charge >= 0.3 is 0 Å². The standard InChI is InChI=1S/C25H25ClN4O2.CH4/c1-16-11-23(28-25(31)18-7-9-27-10-8-18)29-30(16)15-20-13-21(26)12-19-14-22(32-24(19)20)17-5-3-2-4-6-17;/h2-6,11-14,18,27H,7-10,15H2,1H3,(H,28,29,31);1H4. The van der Waals surface area contributed by atoms with Crippen LogP contribution in [0.3, 0.4) is 0 Å². The van der Waals surface area contributed by atoms with Crippen LogP contribution < -0.4 is 10.6 Å². The molecule has 33 heavy (non-hydrogen) atoms. The summed E-state index contributed by atoms with van der Waals surface area (Å²) in [4.78, 5) is 12.6. The second kappa shape index (κ2) is 9.81. The molecule has 2 aromatic heterocycles. The van der Waals surface area contributed by atoms with E-state index in [4.69, 9.17) is 16.0 Å². The molecule has 2 N–H and O–H groups in total. The Hall–Kier alpha value is -3.09. The average Bonchev–Trinajstić information content (AvgIpc) is 3.38. The molecule has 3 heterocycles. The minimum absolute atomic E-state index is 0. The fourth-order valence-corrected chi connectivity index (χ4v) is 4.50. The minimum atomic E-state index is 0. The normalized spacial score (nSPS) is 14.2. The zero-order valence-electron chi connectivity index (χ0n) is 17.9. The predicted molar refractivity (Wildman–Crippen MR) is 134 cm³/mol. The molecule has 0 unspecified atom stereocenters. The number of nitrogens with zero attached hydrogens (tertiary/aromatic N) is 2. The highest BCUT2D eigenvalue weighted by molar-refractivity contribution is 6.31. The van der Waals surface area contributed by atoms with Crippen LogP contribution in [0, 0.1) is 12.8 Å². The number of rotatable bonds is 5. The number of carbonyl (C=O) groups is 1. The zero-order valence-corrected chi connectivity index (χ0v) is 18.7. The third-order valence-electron chi connectivity index (χ3n) is 5.98. The lowest BCUT2D eigenvalue weighted by Gasteiger charge is -2.21. The van der Waals surface area contributed by atoms with Gasteiger partial charge in [0, 0.05) is 39.2 Å². The number of anilines is 1. The van der Waals surface area contributed by atoms with E-state index >= 15 is 0 Å². The van der Waals surface area contributed by atoms with Gasteiger partial charge in [0.2, 0.25) is 5.91 Å². The Balaban J connectivity index is 0.00000259. The molecule has 0 aliphatic carbocycles. The van der Waals surface area contributed by atoms with E-state index in [0.717, 1.165) is 59.5 Å². The Labute approximate surface area is 198 Å². The SMILES string of the molecule is C.Cc1cc(NC(=O)C2CCNCC2)nn1Cc1cc(Cl)cc2cc(-c3ccccc3)oc12. The number of fused-ring (bicyclic) bond motifs is 1. The Kier molecular flexibility index (Phi) is 6.86. The molecule has 0 atom stereocenters. The smallest absolute Gasteiger partial charge is 0.228 e. The molecular weight excluding hydrogens is 436 g/mol. The summed E-state index contributed by atoms with van der Waals surface area (Å²) in [6.07, 6.45) is 1.71. The maximum atomic E-state index is 12.6. The molecule has 0 radical (unpaired) electrons. The molecule has 5 rings (SSSR count). The number of carbonyl (C=O) groups excluding carboxylic acids is 1. The van der Waals surface area contributed by atoms with Crippen LogP contribution in [0.25, 0.3) is 22.3 Å². The number of aromatic nitrogens is 2. The van der Waals surface area contributed by atoms with Gasteiger partial charge in [-0.3, -0.25) is 9.48 Å². The van der Waals surface area contributed by atoms with Crippen LogP contribution in [0.15, 0.2) is 59.0 Å². The van der Waals surface area contributed by atoms with E-state index < -0.39 is 0 Å². The molecule has 0 spiro atoms. The van der Waals surface area contributed by atoms with Gasteiger partial charge in [-0.2, -0.15) is 5.10 Å². The van der Waals surface area contributed by atoms with Gasteiger partial charge in [0.25, 0.3) is 0 Å². The Morgan fingerprint density at radius 3 is 2.70 bits per heavy atom. The first-order chi connectivity index (χ1) is 15.6. The average molecular weight is 465 g/mol. The van der Waals surface area contributed by atoms with Gasteiger partial charge in [-0.1, -0.05) is 49.4 Å². The van der Waals surface area contributed by atoms with Crippen LogP contribution >= 0.6 is 11.6 Å². The highest BCUT2D eigenvalue weighted by Crippen LogP contribution is 2.32. The summed E-state index contributed by atoms with van der Waals surface area (Å²) in [6, 6.07) is 17.7. The topological polar surface area (TPSA) is 72.1 Å². The first kappa shape index (κ1) is 23.1. The van der Waals surface area contributed by atoms with Crippen LogP contribution in [0.4, 0.5) is 5.82 Å². The number of amides is 1. The van der Waals surface area contributed by atoms with Crippen molar-refractivity contribution in [2.24, 2.45) is 5.92 Å². The van der Waals surface area contributed by atoms with Crippen molar-refractivity contribution in [2.45, 2.75) is 33.7 Å². The van der Waals surface area contributed by atoms with E-state index in [9.17, 15) is 4.79 Å². The van der Waals surface area contributed by atoms with Crippen LogP contribution in [-0.4, -0.2) is 28.8 Å². The summed E-state index contributed by atoms with van der Waals surface area (Å²) in [7, 11) is 0. The van der Waals surface area contributed by atoms with Crippen molar-refractivity contribution in [3.05, 3.63) is 70.9 Å². The van der Waals surface area contributed by atoms with Crippen molar-refractivity contribution in [1.82, 2.24) is 15.1 Å². The van der Waals surface area contributed by atoms with Crippen molar-refractivity contribution in [2.75, 3.05) is 18.4 Å². The third kappa shape index (κ3) is 4.97. The monoisotopic (exact) mass is 464 g/mol. The molecule has 1 amide bonds. The molecule has 172 valence electrons. The Morgan fingerprint density at radius 2 is 1.94 bits per heavy atom. The second-order valence-corrected chi connectivity index (χ2v) is 8.74. The number of benzene rings is 2. The summed E-state index contributed by atoms with van der Waals surface area (Å²) in [5, 5.41) is 12.5. The lowest BCUT2D eigenvalue weighted by atomic mass is 9.97. The lowest BCUT2D eigenvalue weighted by molar-refractivity contribution is -0.120. The molecule has 1 saturated heterocycles. The lowest BCUT2D eigenvalue weighted by Crippen LogP contribution is -2.34. The van der Waals surface area contributed by atoms with Gasteiger partial charge in [-0.05, 0) is 51.1 Å². The van der Waals surface area contributed by atoms with Crippen LogP contribution in [-0.2, 0) is 11.3 Å². The van der Waals surface area contributed by atoms with E-state index in [1.165, 1.54) is 0 Å². The van der Waals surface area contributed by atoms with Gasteiger partial charge in [0.15, 0.2) is 5.82 Å². The molecule has 4 aromatic rings. The maximum absolute atomic E-state index is 12.6. The van der Waals surface area contributed by atoms with Crippen LogP contribution in [0.5, 0.6) is 0 Å². The van der Waals surface area contributed by atoms with E-state index in [2.05, 4.69) is 15.7 Å². The quantitative estimate of drug-likeness (QED) is 0.387. The van der Waals surface area contributed by atoms with Gasteiger partial charge in [0.05, 0.1) is 6.54 Å². The Bertz CT molecular complexity index is 1260. The van der Waals surface area contributed by atoms with Crippen molar-refractivity contribution in [3.8, 4) is 11.3 Å². The van der Waals surface area contributed by atoms with Crippen molar-refractivity contribution in [3.63, 3.8) is 0 Å². The summed E-state index contributed by atoms with van der Waals surface area (Å²) >= 11 is 6.41. The van der Waals surface area contributed by atoms with Gasteiger partial charge in [-0.25, -0.2) is 0 Å². The zero-order chi connectivity index (χ0) is 22.1. The molecule has 2 aromatic carbocycles. The molecule has 1 aliphatic heterocycles. The fraction of sp³-hybridized carbons (Fsp3) is 0.308. The molecule has 0 saturated carbocycles. The number of furan rings is 1. The van der Waals surface area contributed by atoms with Gasteiger partial charge in [-0.15, -0.1) is 0 Å². The third-order valence-corrected chi connectivity index (χ3v) is 6.20. The van der Waals surface area contributed by atoms with E-state index in [0.29, 0.717) is 17.4 Å². The Morgan fingerprint density at radius 1 is 1.18 bits per heavy atom. The highest BCUT2D eigenvalue weighted by atomic mass is 35.5. The molecule has 1 fully saturated rings. The summed E-state index contributed by atoms with van der Waals surface area (Å²) in [6.45, 7) is 4.23. The first-order valence-corrected chi connectivity index (χ1v) is 11.3. The van der Waals surface area contributed by atoms with Gasteiger partial charge in [0.1, 0.15) is 11.3 Å². The number of piperidine rings is 1. The van der Waals surface area contributed by atoms with Gasteiger partial charge < -0.3 is 15.1 Å². The molecule has 6 nitrogen and oxygen atoms in total. The number of hydrogen-bond donors (Lipinski definition) is 2. The number of aryl methyl sites for hydroxylation is 1. The summed E-state index contributed by atoms with van der Waals surface area (Å²) < 4.78 is 8.10. The number of hydrogen-bond acceptors (Lipinski definition) is 4. The highest BCUT2D eigenvalue weighted by Gasteiger charge is 2.22. The predicted octanol–water partition coefficient (Wildman–Crippen LogP) is 5.88. The summed E-state index contributed by atoms with van der Waals surface area (Å²) in [5.41, 5.74) is 3.71. The number of halogens is 1. The first-order valence-electron chi connectivity index (χ1n) is 10.9. The summed E-state index contributed by atoms with van der Waals surface area (Å²) in [5.74, 6) is 1.46. The van der Waals surface area contributed by atoms with E-state index in [1.807, 2.05) is 66.2 Å². The van der Waals surface area contributed by atoms with Crippen molar-refractivity contribution < 1.29 is 9.21 Å². The minimum Gasteiger partial charge on any atom is -0.456 e. The van der Waals surface area contributed by atoms with Crippen molar-refractivity contribution >= 4 is 34.3 Å². The second-order valence-electron chi connectivity index (χ2n) is 8.30. The van der Waals surface area contributed by atoms with E-state index in [1.54, 1.807) is 0 Å². The fourth-order valence-electron chi connectivity index (χ4n) is 4.25. The number of nitrogens with one attached hydrogen (secondary N) is 2.